The van der Waals surface area contributed by atoms with Gasteiger partial charge in [0, 0.05) is 56.4 Å². The minimum Gasteiger partial charge on any atom is -0.457 e. The van der Waals surface area contributed by atoms with E-state index in [-0.39, 0.29) is 11.8 Å². The van der Waals surface area contributed by atoms with Crippen LogP contribution in [0.4, 0.5) is 0 Å². The van der Waals surface area contributed by atoms with Crippen molar-refractivity contribution in [2.75, 3.05) is 0 Å². The zero-order valence-corrected chi connectivity index (χ0v) is 26.3. The first kappa shape index (κ1) is 29.1. The van der Waals surface area contributed by atoms with Crippen LogP contribution in [-0.2, 0) is 0 Å². The van der Waals surface area contributed by atoms with Gasteiger partial charge >= 0.3 is 0 Å². The Labute approximate surface area is 273 Å². The highest BCUT2D eigenvalue weighted by atomic mass is 16.5. The molecule has 0 spiro atoms. The number of rotatable bonds is 8. The van der Waals surface area contributed by atoms with Gasteiger partial charge < -0.3 is 25.3 Å². The SMILES string of the molecule is O=C(NC1CCCC1)c1ccc2cc(-c3ccc(Oc4ccc(-c5cc6ccc(C(=O)NC7CCCC7)cc6[nH]5)cc4)cc3)[nH]c2c1. The number of hydrogen-bond donors (Lipinski definition) is 4. The number of H-pyrrole nitrogens is 2. The molecule has 0 aliphatic heterocycles. The highest BCUT2D eigenvalue weighted by molar-refractivity contribution is 6.00. The van der Waals surface area contributed by atoms with Crippen LogP contribution in [-0.4, -0.2) is 33.9 Å². The Morgan fingerprint density at radius 2 is 0.936 bits per heavy atom. The summed E-state index contributed by atoms with van der Waals surface area (Å²) >= 11 is 0. The second kappa shape index (κ2) is 12.5. The lowest BCUT2D eigenvalue weighted by atomic mass is 10.1. The van der Waals surface area contributed by atoms with Gasteiger partial charge in [0.2, 0.25) is 0 Å². The van der Waals surface area contributed by atoms with Crippen LogP contribution in [0.2, 0.25) is 0 Å². The number of aromatic amines is 2. The summed E-state index contributed by atoms with van der Waals surface area (Å²) in [6.07, 6.45) is 9.05. The van der Waals surface area contributed by atoms with Crippen molar-refractivity contribution in [2.45, 2.75) is 63.5 Å². The summed E-state index contributed by atoms with van der Waals surface area (Å²) in [6, 6.07) is 32.5. The van der Waals surface area contributed by atoms with Crippen molar-refractivity contribution >= 4 is 33.6 Å². The third-order valence-corrected chi connectivity index (χ3v) is 9.72. The molecule has 7 nitrogen and oxygen atoms in total. The van der Waals surface area contributed by atoms with Gasteiger partial charge in [0.25, 0.3) is 11.8 Å². The Balaban J connectivity index is 0.917. The summed E-state index contributed by atoms with van der Waals surface area (Å²) in [7, 11) is 0. The fraction of sp³-hybridized carbons (Fsp3) is 0.250. The van der Waals surface area contributed by atoms with E-state index in [9.17, 15) is 9.59 Å². The second-order valence-electron chi connectivity index (χ2n) is 13.0. The number of hydrogen-bond acceptors (Lipinski definition) is 3. The summed E-state index contributed by atoms with van der Waals surface area (Å²) in [5.74, 6) is 1.50. The quantitative estimate of drug-likeness (QED) is 0.136. The first-order valence-electron chi connectivity index (χ1n) is 16.8. The topological polar surface area (TPSA) is 99.0 Å². The number of carbonyl (C=O) groups excluding carboxylic acids is 2. The molecule has 2 heterocycles. The maximum absolute atomic E-state index is 12.8. The molecule has 47 heavy (non-hydrogen) atoms. The molecule has 0 saturated heterocycles. The smallest absolute Gasteiger partial charge is 0.251 e. The standard InChI is InChI=1S/C40H38N4O3/c45-39(41-31-5-1-2-6-31)29-11-9-27-21-35(43-37(27)23-29)25-13-17-33(18-14-25)47-34-19-15-26(16-20-34)36-22-28-10-12-30(24-38(28)44-36)40(46)42-32-7-3-4-8-32/h9-24,31-32,43-44H,1-8H2,(H,41,45)(H,42,46). The molecule has 236 valence electrons. The van der Waals surface area contributed by atoms with E-state index < -0.39 is 0 Å². The fourth-order valence-corrected chi connectivity index (χ4v) is 7.07. The van der Waals surface area contributed by atoms with Crippen molar-refractivity contribution in [3.8, 4) is 34.0 Å². The highest BCUT2D eigenvalue weighted by Gasteiger charge is 2.20. The van der Waals surface area contributed by atoms with Crippen molar-refractivity contribution < 1.29 is 14.3 Å². The van der Waals surface area contributed by atoms with Gasteiger partial charge in [-0.05, 0) is 122 Å². The van der Waals surface area contributed by atoms with Crippen molar-refractivity contribution in [1.29, 1.82) is 0 Å². The summed E-state index contributed by atoms with van der Waals surface area (Å²) in [5, 5.41) is 8.49. The average molecular weight is 623 g/mol. The lowest BCUT2D eigenvalue weighted by molar-refractivity contribution is 0.0929. The molecule has 0 radical (unpaired) electrons. The molecule has 2 amide bonds. The fourth-order valence-electron chi connectivity index (χ4n) is 7.07. The largest absolute Gasteiger partial charge is 0.457 e. The van der Waals surface area contributed by atoms with E-state index in [1.54, 1.807) is 0 Å². The molecule has 2 aliphatic rings. The Morgan fingerprint density at radius 1 is 0.532 bits per heavy atom. The van der Waals surface area contributed by atoms with Crippen molar-refractivity contribution in [1.82, 2.24) is 20.6 Å². The van der Waals surface area contributed by atoms with Gasteiger partial charge in [-0.3, -0.25) is 9.59 Å². The van der Waals surface area contributed by atoms with Crippen LogP contribution in [0.25, 0.3) is 44.3 Å². The van der Waals surface area contributed by atoms with Crippen molar-refractivity contribution in [3.05, 3.63) is 108 Å². The van der Waals surface area contributed by atoms with Crippen LogP contribution >= 0.6 is 0 Å². The minimum atomic E-state index is -0.000157. The van der Waals surface area contributed by atoms with E-state index in [0.29, 0.717) is 23.2 Å². The number of nitrogens with one attached hydrogen (secondary N) is 4. The van der Waals surface area contributed by atoms with Crippen LogP contribution in [0.15, 0.2) is 97.1 Å². The van der Waals surface area contributed by atoms with Gasteiger partial charge in [-0.15, -0.1) is 0 Å². The minimum absolute atomic E-state index is 0.000157. The summed E-state index contributed by atoms with van der Waals surface area (Å²) < 4.78 is 6.16. The molecule has 0 bridgehead atoms. The molecule has 8 rings (SSSR count). The van der Waals surface area contributed by atoms with E-state index in [1.807, 2.05) is 84.9 Å². The molecule has 4 aromatic carbocycles. The van der Waals surface area contributed by atoms with Gasteiger partial charge in [-0.25, -0.2) is 0 Å². The molecule has 2 fully saturated rings. The number of fused-ring (bicyclic) bond motifs is 2. The summed E-state index contributed by atoms with van der Waals surface area (Å²) in [4.78, 5) is 32.5. The van der Waals surface area contributed by atoms with Gasteiger partial charge in [-0.1, -0.05) is 37.8 Å². The Hall–Kier alpha value is -5.30. The molecule has 0 atom stereocenters. The average Bonchev–Trinajstić information content (AvgIpc) is 3.92. The molecule has 0 unspecified atom stereocenters. The maximum Gasteiger partial charge on any atom is 0.251 e. The van der Waals surface area contributed by atoms with E-state index >= 15 is 0 Å². The number of amides is 2. The third kappa shape index (κ3) is 6.26. The Kier molecular flexibility index (Phi) is 7.73. The van der Waals surface area contributed by atoms with E-state index in [2.05, 4.69) is 32.7 Å². The lowest BCUT2D eigenvalue weighted by Gasteiger charge is -2.11. The molecule has 4 N–H and O–H groups in total. The Morgan fingerprint density at radius 3 is 1.34 bits per heavy atom. The highest BCUT2D eigenvalue weighted by Crippen LogP contribution is 2.31. The maximum atomic E-state index is 12.8. The first-order valence-corrected chi connectivity index (χ1v) is 16.8. The first-order chi connectivity index (χ1) is 23.0. The van der Waals surface area contributed by atoms with Crippen molar-refractivity contribution in [2.24, 2.45) is 0 Å². The lowest BCUT2D eigenvalue weighted by Crippen LogP contribution is -2.32. The van der Waals surface area contributed by atoms with E-state index in [4.69, 9.17) is 4.74 Å². The van der Waals surface area contributed by atoms with Crippen LogP contribution in [0, 0.1) is 0 Å². The monoisotopic (exact) mass is 622 g/mol. The molecule has 2 saturated carbocycles. The van der Waals surface area contributed by atoms with Crippen LogP contribution in [0.1, 0.15) is 72.1 Å². The normalized spacial score (nSPS) is 15.4. The molecule has 2 aliphatic carbocycles. The number of ether oxygens (including phenoxy) is 1. The zero-order chi connectivity index (χ0) is 31.7. The predicted octanol–water partition coefficient (Wildman–Crippen LogP) is 9.12. The van der Waals surface area contributed by atoms with E-state index in [0.717, 1.165) is 81.5 Å². The molecular weight excluding hydrogens is 584 g/mol. The van der Waals surface area contributed by atoms with Crippen molar-refractivity contribution in [3.63, 3.8) is 0 Å². The van der Waals surface area contributed by atoms with Crippen LogP contribution < -0.4 is 15.4 Å². The second-order valence-corrected chi connectivity index (χ2v) is 13.0. The number of carbonyl (C=O) groups is 2. The molecule has 6 aromatic rings. The molecule has 2 aromatic heterocycles. The van der Waals surface area contributed by atoms with E-state index in [1.165, 1.54) is 25.7 Å². The number of aromatic nitrogens is 2. The Bertz CT molecular complexity index is 1910. The third-order valence-electron chi connectivity index (χ3n) is 9.72. The van der Waals surface area contributed by atoms with Gasteiger partial charge in [0.05, 0.1) is 0 Å². The molecular formula is C40H38N4O3. The van der Waals surface area contributed by atoms with Crippen LogP contribution in [0.5, 0.6) is 11.5 Å². The van der Waals surface area contributed by atoms with Gasteiger partial charge in [0.15, 0.2) is 0 Å². The number of benzene rings is 4. The van der Waals surface area contributed by atoms with Crippen LogP contribution in [0.3, 0.4) is 0 Å². The van der Waals surface area contributed by atoms with Gasteiger partial charge in [-0.2, -0.15) is 0 Å². The summed E-state index contributed by atoms with van der Waals surface area (Å²) in [6.45, 7) is 0. The summed E-state index contributed by atoms with van der Waals surface area (Å²) in [5.41, 5.74) is 7.32. The predicted molar refractivity (Wildman–Crippen MR) is 187 cm³/mol. The van der Waals surface area contributed by atoms with Gasteiger partial charge in [0.1, 0.15) is 11.5 Å². The zero-order valence-electron chi connectivity index (χ0n) is 26.3. The molecule has 7 heteroatoms.